The Balaban J connectivity index is 2.15. The van der Waals surface area contributed by atoms with E-state index in [4.69, 9.17) is 9.47 Å². The van der Waals surface area contributed by atoms with Crippen LogP contribution in [0.25, 0.3) is 0 Å². The van der Waals surface area contributed by atoms with Gasteiger partial charge in [0.1, 0.15) is 12.2 Å². The van der Waals surface area contributed by atoms with Crippen molar-refractivity contribution in [2.75, 3.05) is 13.2 Å². The normalized spacial score (nSPS) is 29.2. The molecule has 2 aliphatic heterocycles. The van der Waals surface area contributed by atoms with E-state index in [1.807, 2.05) is 39.8 Å². The second kappa shape index (κ2) is 8.69. The Labute approximate surface area is 155 Å². The molecule has 0 radical (unpaired) electrons. The smallest absolute Gasteiger partial charge is 0.309 e. The average Bonchev–Trinajstić information content (AvgIpc) is 3.00. The van der Waals surface area contributed by atoms with E-state index in [1.165, 1.54) is 0 Å². The fourth-order valence-corrected chi connectivity index (χ4v) is 3.37. The van der Waals surface area contributed by atoms with Crippen LogP contribution >= 0.6 is 0 Å². The van der Waals surface area contributed by atoms with E-state index in [1.54, 1.807) is 4.90 Å². The number of nitrogens with zero attached hydrogens (tertiary/aromatic N) is 1. The summed E-state index contributed by atoms with van der Waals surface area (Å²) in [5.74, 6) is -1.27. The molecule has 0 bridgehead atoms. The standard InChI is InChI=1S/C20H31NO5/c1-14-8-5-6-9-15(12-17(22)26-20(2,3)4)18(23)21-11-7-10-16(21)13-25-19(14)24/h5-6,14-16H,7-13H2,1-4H3/b6-5-/t14-,15+,16+/m1/s1. The zero-order chi connectivity index (χ0) is 19.3. The van der Waals surface area contributed by atoms with Crippen LogP contribution in [0, 0.1) is 11.8 Å². The Hall–Kier alpha value is -1.85. The molecule has 0 spiro atoms. The van der Waals surface area contributed by atoms with Crippen molar-refractivity contribution in [3.05, 3.63) is 12.2 Å². The predicted octanol–water partition coefficient (Wildman–Crippen LogP) is 2.85. The molecule has 0 N–H and O–H groups in total. The van der Waals surface area contributed by atoms with Gasteiger partial charge < -0.3 is 14.4 Å². The van der Waals surface area contributed by atoms with Gasteiger partial charge in [-0.25, -0.2) is 0 Å². The third-order valence-electron chi connectivity index (χ3n) is 4.74. The number of carbonyl (C=O) groups is 3. The lowest BCUT2D eigenvalue weighted by atomic mass is 9.97. The maximum absolute atomic E-state index is 13.0. The number of esters is 2. The molecule has 0 aromatic heterocycles. The highest BCUT2D eigenvalue weighted by Gasteiger charge is 2.35. The van der Waals surface area contributed by atoms with Crippen LogP contribution in [0.1, 0.15) is 59.8 Å². The molecule has 6 heteroatoms. The van der Waals surface area contributed by atoms with Gasteiger partial charge in [-0.15, -0.1) is 0 Å². The Morgan fingerprint density at radius 2 is 1.96 bits per heavy atom. The van der Waals surface area contributed by atoms with Crippen LogP contribution in [-0.4, -0.2) is 47.5 Å². The van der Waals surface area contributed by atoms with E-state index in [-0.39, 0.29) is 42.8 Å². The molecule has 0 unspecified atom stereocenters. The minimum atomic E-state index is -0.568. The minimum absolute atomic E-state index is 0.0484. The van der Waals surface area contributed by atoms with Crippen molar-refractivity contribution in [1.29, 1.82) is 0 Å². The molecule has 0 aromatic rings. The van der Waals surface area contributed by atoms with Gasteiger partial charge in [0.15, 0.2) is 0 Å². The van der Waals surface area contributed by atoms with Crippen molar-refractivity contribution in [3.8, 4) is 0 Å². The molecule has 3 atom stereocenters. The number of ether oxygens (including phenoxy) is 2. The Bertz CT molecular complexity index is 563. The molecule has 0 saturated carbocycles. The highest BCUT2D eigenvalue weighted by atomic mass is 16.6. The molecule has 2 aliphatic rings. The molecule has 6 nitrogen and oxygen atoms in total. The predicted molar refractivity (Wildman–Crippen MR) is 97.2 cm³/mol. The molecule has 2 rings (SSSR count). The monoisotopic (exact) mass is 365 g/mol. The number of amides is 1. The molecule has 0 aliphatic carbocycles. The molecule has 26 heavy (non-hydrogen) atoms. The fraction of sp³-hybridized carbons (Fsp3) is 0.750. The number of hydrogen-bond acceptors (Lipinski definition) is 5. The molecule has 1 saturated heterocycles. The molecule has 1 amide bonds. The molecule has 146 valence electrons. The lowest BCUT2D eigenvalue weighted by Gasteiger charge is -2.29. The van der Waals surface area contributed by atoms with Crippen molar-refractivity contribution in [3.63, 3.8) is 0 Å². The Morgan fingerprint density at radius 3 is 2.65 bits per heavy atom. The van der Waals surface area contributed by atoms with Crippen LogP contribution in [0.3, 0.4) is 0 Å². The summed E-state index contributed by atoms with van der Waals surface area (Å²) in [6.07, 6.45) is 6.61. The molecule has 0 aromatic carbocycles. The van der Waals surface area contributed by atoms with E-state index in [0.29, 0.717) is 19.4 Å². The van der Waals surface area contributed by atoms with Crippen molar-refractivity contribution in [2.45, 2.75) is 71.4 Å². The molecule has 2 heterocycles. The summed E-state index contributed by atoms with van der Waals surface area (Å²) in [5, 5.41) is 0. The third-order valence-corrected chi connectivity index (χ3v) is 4.74. The Kier molecular flexibility index (Phi) is 6.84. The Morgan fingerprint density at radius 1 is 1.27 bits per heavy atom. The van der Waals surface area contributed by atoms with Crippen LogP contribution in [0.5, 0.6) is 0 Å². The number of cyclic esters (lactones) is 1. The number of hydrogen-bond donors (Lipinski definition) is 0. The maximum atomic E-state index is 13.0. The van der Waals surface area contributed by atoms with Gasteiger partial charge in [-0.3, -0.25) is 14.4 Å². The van der Waals surface area contributed by atoms with Crippen LogP contribution in [-0.2, 0) is 23.9 Å². The van der Waals surface area contributed by atoms with Gasteiger partial charge in [0.05, 0.1) is 24.3 Å². The molecular formula is C20H31NO5. The van der Waals surface area contributed by atoms with Gasteiger partial charge in [0.25, 0.3) is 0 Å². The van der Waals surface area contributed by atoms with Crippen molar-refractivity contribution in [2.24, 2.45) is 11.8 Å². The number of allylic oxidation sites excluding steroid dienone is 2. The lowest BCUT2D eigenvalue weighted by Crippen LogP contribution is -2.43. The van der Waals surface area contributed by atoms with E-state index in [2.05, 4.69) is 0 Å². The summed E-state index contributed by atoms with van der Waals surface area (Å²) < 4.78 is 10.8. The first kappa shape index (κ1) is 20.5. The van der Waals surface area contributed by atoms with Crippen molar-refractivity contribution < 1.29 is 23.9 Å². The van der Waals surface area contributed by atoms with Crippen molar-refractivity contribution >= 4 is 17.8 Å². The highest BCUT2D eigenvalue weighted by molar-refractivity contribution is 5.84. The van der Waals surface area contributed by atoms with E-state index >= 15 is 0 Å². The van der Waals surface area contributed by atoms with Crippen LogP contribution in [0.15, 0.2) is 12.2 Å². The molecule has 1 fully saturated rings. The summed E-state index contributed by atoms with van der Waals surface area (Å²) in [6.45, 7) is 8.18. The lowest BCUT2D eigenvalue weighted by molar-refractivity contribution is -0.159. The van der Waals surface area contributed by atoms with E-state index in [9.17, 15) is 14.4 Å². The van der Waals surface area contributed by atoms with Gasteiger partial charge in [0.2, 0.25) is 5.91 Å². The summed E-state index contributed by atoms with van der Waals surface area (Å²) in [4.78, 5) is 39.1. The van der Waals surface area contributed by atoms with E-state index in [0.717, 1.165) is 12.8 Å². The first-order valence-corrected chi connectivity index (χ1v) is 9.51. The van der Waals surface area contributed by atoms with Crippen LogP contribution < -0.4 is 0 Å². The van der Waals surface area contributed by atoms with Crippen LogP contribution in [0.2, 0.25) is 0 Å². The van der Waals surface area contributed by atoms with E-state index < -0.39 is 11.5 Å². The average molecular weight is 365 g/mol. The SMILES string of the molecule is C[C@@H]1C/C=C\C[C@@H](CC(=O)OC(C)(C)C)C(=O)N2CCC[C@H]2COC1=O. The zero-order valence-electron chi connectivity index (χ0n) is 16.3. The zero-order valence-corrected chi connectivity index (χ0v) is 16.3. The second-order valence-electron chi connectivity index (χ2n) is 8.29. The highest BCUT2D eigenvalue weighted by Crippen LogP contribution is 2.25. The third kappa shape index (κ3) is 5.85. The van der Waals surface area contributed by atoms with Crippen molar-refractivity contribution in [1.82, 2.24) is 4.90 Å². The van der Waals surface area contributed by atoms with Gasteiger partial charge in [-0.2, -0.15) is 0 Å². The fourth-order valence-electron chi connectivity index (χ4n) is 3.37. The minimum Gasteiger partial charge on any atom is -0.463 e. The van der Waals surface area contributed by atoms with Gasteiger partial charge >= 0.3 is 11.9 Å². The van der Waals surface area contributed by atoms with Gasteiger partial charge in [-0.1, -0.05) is 19.1 Å². The maximum Gasteiger partial charge on any atom is 0.309 e. The summed E-state index contributed by atoms with van der Waals surface area (Å²) in [7, 11) is 0. The number of carbonyl (C=O) groups excluding carboxylic acids is 3. The van der Waals surface area contributed by atoms with Gasteiger partial charge in [-0.05, 0) is 46.5 Å². The quantitative estimate of drug-likeness (QED) is 0.556. The second-order valence-corrected chi connectivity index (χ2v) is 8.29. The first-order valence-electron chi connectivity index (χ1n) is 9.51. The van der Waals surface area contributed by atoms with Gasteiger partial charge in [0, 0.05) is 6.54 Å². The summed E-state index contributed by atoms with van der Waals surface area (Å²) in [5.41, 5.74) is -0.568. The largest absolute Gasteiger partial charge is 0.463 e. The number of rotatable bonds is 2. The summed E-state index contributed by atoms with van der Waals surface area (Å²) >= 11 is 0. The molecular weight excluding hydrogens is 334 g/mol. The topological polar surface area (TPSA) is 72.9 Å². The summed E-state index contributed by atoms with van der Waals surface area (Å²) in [6, 6.07) is -0.0943. The van der Waals surface area contributed by atoms with Crippen LogP contribution in [0.4, 0.5) is 0 Å². The number of fused-ring (bicyclic) bond motifs is 1. The first-order chi connectivity index (χ1) is 12.2.